The summed E-state index contributed by atoms with van der Waals surface area (Å²) in [5.41, 5.74) is 0.782. The minimum atomic E-state index is -0.231. The van der Waals surface area contributed by atoms with Gasteiger partial charge in [-0.25, -0.2) is 0 Å². The number of rotatable bonds is 2. The van der Waals surface area contributed by atoms with Crippen LogP contribution in [0.4, 0.5) is 0 Å². The third-order valence-corrected chi connectivity index (χ3v) is 3.42. The average Bonchev–Trinajstić information content (AvgIpc) is 2.75. The molecular weight excluding hydrogens is 298 g/mol. The van der Waals surface area contributed by atoms with E-state index in [1.807, 2.05) is 22.7 Å². The molecule has 1 saturated heterocycles. The van der Waals surface area contributed by atoms with Crippen LogP contribution in [-0.2, 0) is 11.2 Å². The first-order valence-corrected chi connectivity index (χ1v) is 6.53. The molecule has 2 N–H and O–H groups in total. The molecule has 1 amide bonds. The van der Waals surface area contributed by atoms with E-state index in [1.165, 1.54) is 0 Å². The van der Waals surface area contributed by atoms with E-state index in [9.17, 15) is 4.79 Å². The highest BCUT2D eigenvalue weighted by Crippen LogP contribution is 2.13. The summed E-state index contributed by atoms with van der Waals surface area (Å²) in [5, 5.41) is 14.2. The number of piperazine rings is 1. The second-order valence-corrected chi connectivity index (χ2v) is 5.11. The lowest BCUT2D eigenvalue weighted by atomic mass is 10.1. The number of amides is 1. The number of hydrogen-bond acceptors (Lipinski definition) is 4. The molecule has 0 bridgehead atoms. The van der Waals surface area contributed by atoms with Crippen molar-refractivity contribution < 1.29 is 4.79 Å². The van der Waals surface area contributed by atoms with Crippen molar-refractivity contribution in [1.82, 2.24) is 25.2 Å². The van der Waals surface area contributed by atoms with Gasteiger partial charge in [-0.1, -0.05) is 0 Å². The number of halogens is 1. The van der Waals surface area contributed by atoms with Crippen LogP contribution in [0.1, 0.15) is 5.82 Å². The first-order valence-electron chi connectivity index (χ1n) is 5.74. The fourth-order valence-corrected chi connectivity index (χ4v) is 2.38. The Morgan fingerprint density at radius 2 is 2.28 bits per heavy atom. The molecule has 18 heavy (non-hydrogen) atoms. The van der Waals surface area contributed by atoms with E-state index in [-0.39, 0.29) is 11.9 Å². The Hall–Kier alpha value is -1.47. The van der Waals surface area contributed by atoms with E-state index in [1.54, 1.807) is 0 Å². The maximum absolute atomic E-state index is 11.7. The van der Waals surface area contributed by atoms with E-state index in [0.29, 0.717) is 13.0 Å². The molecule has 3 heterocycles. The molecule has 1 atom stereocenters. The van der Waals surface area contributed by atoms with Crippen molar-refractivity contribution in [2.24, 2.45) is 0 Å². The summed E-state index contributed by atoms with van der Waals surface area (Å²) in [6, 6.07) is 3.57. The van der Waals surface area contributed by atoms with Gasteiger partial charge in [0, 0.05) is 30.2 Å². The summed E-state index contributed by atoms with van der Waals surface area (Å²) in [5.74, 6) is 0.800. The van der Waals surface area contributed by atoms with Crippen LogP contribution in [0.5, 0.6) is 0 Å². The SMILES string of the molecule is O=C1NCCNC1Cc1nnc2ccc(Br)cn12. The van der Waals surface area contributed by atoms with Gasteiger partial charge in [-0.3, -0.25) is 9.20 Å². The molecule has 6 nitrogen and oxygen atoms in total. The van der Waals surface area contributed by atoms with Crippen molar-refractivity contribution in [3.63, 3.8) is 0 Å². The van der Waals surface area contributed by atoms with E-state index >= 15 is 0 Å². The van der Waals surface area contributed by atoms with E-state index < -0.39 is 0 Å². The van der Waals surface area contributed by atoms with Gasteiger partial charge in [0.15, 0.2) is 5.65 Å². The van der Waals surface area contributed by atoms with Crippen molar-refractivity contribution >= 4 is 27.5 Å². The molecule has 0 spiro atoms. The van der Waals surface area contributed by atoms with Crippen LogP contribution in [0.2, 0.25) is 0 Å². The Balaban J connectivity index is 1.90. The Morgan fingerprint density at radius 3 is 3.11 bits per heavy atom. The number of hydrogen-bond donors (Lipinski definition) is 2. The third-order valence-electron chi connectivity index (χ3n) is 2.95. The number of aromatic nitrogens is 3. The number of carbonyl (C=O) groups excluding carboxylic acids is 1. The zero-order valence-corrected chi connectivity index (χ0v) is 11.1. The minimum Gasteiger partial charge on any atom is -0.353 e. The van der Waals surface area contributed by atoms with Gasteiger partial charge in [0.05, 0.1) is 6.04 Å². The predicted molar refractivity (Wildman–Crippen MR) is 69.2 cm³/mol. The van der Waals surface area contributed by atoms with Crippen molar-refractivity contribution in [3.05, 3.63) is 28.6 Å². The molecule has 0 aromatic carbocycles. The van der Waals surface area contributed by atoms with Gasteiger partial charge >= 0.3 is 0 Å². The smallest absolute Gasteiger partial charge is 0.237 e. The number of nitrogens with zero attached hydrogens (tertiary/aromatic N) is 3. The summed E-state index contributed by atoms with van der Waals surface area (Å²) < 4.78 is 2.85. The van der Waals surface area contributed by atoms with Gasteiger partial charge in [-0.2, -0.15) is 0 Å². The summed E-state index contributed by atoms with van der Waals surface area (Å²) in [4.78, 5) is 11.7. The average molecular weight is 310 g/mol. The molecule has 1 unspecified atom stereocenters. The molecule has 0 aliphatic carbocycles. The molecular formula is C11H12BrN5O. The van der Waals surface area contributed by atoms with Crippen molar-refractivity contribution in [2.75, 3.05) is 13.1 Å². The molecule has 2 aromatic rings. The van der Waals surface area contributed by atoms with Crippen LogP contribution in [0.15, 0.2) is 22.8 Å². The zero-order valence-electron chi connectivity index (χ0n) is 9.56. The standard InChI is InChI=1S/C11H12BrN5O/c12-7-1-2-9-15-16-10(17(9)6-7)5-8-11(18)14-4-3-13-8/h1-2,6,8,13H,3-5H2,(H,14,18). The molecule has 1 fully saturated rings. The van der Waals surface area contributed by atoms with Gasteiger partial charge in [-0.05, 0) is 28.1 Å². The van der Waals surface area contributed by atoms with E-state index in [4.69, 9.17) is 0 Å². The highest BCUT2D eigenvalue weighted by atomic mass is 79.9. The molecule has 94 valence electrons. The Morgan fingerprint density at radius 1 is 1.39 bits per heavy atom. The highest BCUT2D eigenvalue weighted by molar-refractivity contribution is 9.10. The predicted octanol–water partition coefficient (Wildman–Crippen LogP) is 0.122. The maximum Gasteiger partial charge on any atom is 0.237 e. The fourth-order valence-electron chi connectivity index (χ4n) is 2.05. The van der Waals surface area contributed by atoms with Crippen LogP contribution in [0.3, 0.4) is 0 Å². The molecule has 1 aliphatic heterocycles. The minimum absolute atomic E-state index is 0.0213. The summed E-state index contributed by atoms with van der Waals surface area (Å²) in [7, 11) is 0. The molecule has 0 radical (unpaired) electrons. The topological polar surface area (TPSA) is 71.3 Å². The van der Waals surface area contributed by atoms with Crippen LogP contribution in [0, 0.1) is 0 Å². The molecule has 0 saturated carbocycles. The molecule has 7 heteroatoms. The Bertz CT molecular complexity index is 596. The largest absolute Gasteiger partial charge is 0.353 e. The highest BCUT2D eigenvalue weighted by Gasteiger charge is 2.23. The first kappa shape index (κ1) is 11.6. The Labute approximate surface area is 112 Å². The van der Waals surface area contributed by atoms with Gasteiger partial charge in [0.25, 0.3) is 0 Å². The van der Waals surface area contributed by atoms with Crippen LogP contribution < -0.4 is 10.6 Å². The van der Waals surface area contributed by atoms with Gasteiger partial charge in [0.2, 0.25) is 5.91 Å². The summed E-state index contributed by atoms with van der Waals surface area (Å²) in [6.07, 6.45) is 2.44. The summed E-state index contributed by atoms with van der Waals surface area (Å²) in [6.45, 7) is 1.47. The van der Waals surface area contributed by atoms with Crippen molar-refractivity contribution in [3.8, 4) is 0 Å². The monoisotopic (exact) mass is 309 g/mol. The molecule has 1 aliphatic rings. The van der Waals surface area contributed by atoms with E-state index in [2.05, 4.69) is 36.8 Å². The van der Waals surface area contributed by atoms with Gasteiger partial charge < -0.3 is 10.6 Å². The van der Waals surface area contributed by atoms with Crippen molar-refractivity contribution in [2.45, 2.75) is 12.5 Å². The second-order valence-electron chi connectivity index (χ2n) is 4.19. The third kappa shape index (κ3) is 2.11. The van der Waals surface area contributed by atoms with Crippen molar-refractivity contribution in [1.29, 1.82) is 0 Å². The fraction of sp³-hybridized carbons (Fsp3) is 0.364. The zero-order chi connectivity index (χ0) is 12.5. The summed E-state index contributed by atoms with van der Waals surface area (Å²) >= 11 is 3.42. The van der Waals surface area contributed by atoms with E-state index in [0.717, 1.165) is 22.5 Å². The van der Waals surface area contributed by atoms with Gasteiger partial charge in [0.1, 0.15) is 5.82 Å². The lowest BCUT2D eigenvalue weighted by Crippen LogP contribution is -2.53. The Kier molecular flexibility index (Phi) is 3.00. The molecule has 2 aromatic heterocycles. The molecule has 3 rings (SSSR count). The van der Waals surface area contributed by atoms with Gasteiger partial charge in [-0.15, -0.1) is 10.2 Å². The van der Waals surface area contributed by atoms with Crippen LogP contribution in [-0.4, -0.2) is 39.6 Å². The van der Waals surface area contributed by atoms with Crippen LogP contribution >= 0.6 is 15.9 Å². The van der Waals surface area contributed by atoms with Crippen LogP contribution in [0.25, 0.3) is 5.65 Å². The number of pyridine rings is 1. The second kappa shape index (κ2) is 4.66. The lowest BCUT2D eigenvalue weighted by molar-refractivity contribution is -0.124. The maximum atomic E-state index is 11.7. The quantitative estimate of drug-likeness (QED) is 0.827. The lowest BCUT2D eigenvalue weighted by Gasteiger charge is -2.22. The normalized spacial score (nSPS) is 20.1. The number of fused-ring (bicyclic) bond motifs is 1. The number of carbonyl (C=O) groups is 1. The number of nitrogens with one attached hydrogen (secondary N) is 2. The first-order chi connectivity index (χ1) is 8.74.